The summed E-state index contributed by atoms with van der Waals surface area (Å²) in [6, 6.07) is 19.1. The van der Waals surface area contributed by atoms with Crippen LogP contribution in [0.3, 0.4) is 0 Å². The molecule has 3 rings (SSSR count). The average Bonchev–Trinajstić information content (AvgIpc) is 2.72. The highest BCUT2D eigenvalue weighted by molar-refractivity contribution is 6.35. The lowest BCUT2D eigenvalue weighted by Crippen LogP contribution is -2.16. The Bertz CT molecular complexity index is 948. The fraction of sp³-hybridized carbons (Fsp3) is 0.217. The van der Waals surface area contributed by atoms with Gasteiger partial charge in [0.25, 0.3) is 0 Å². The highest BCUT2D eigenvalue weighted by Gasteiger charge is 2.07. The molecule has 7 heteroatoms. The standard InChI is InChI=1S/C23H22Cl3NO2.ClH/c1-28-23-12-17(14-27-11-10-18-5-8-20(25)13-21(18)26)4-9-22(23)29-15-16-2-6-19(24)7-3-16;/h2-9,12-13,27H,10-11,14-15H2,1H3;1H. The molecule has 0 saturated carbocycles. The van der Waals surface area contributed by atoms with E-state index in [-0.39, 0.29) is 12.4 Å². The first kappa shape index (κ1) is 24.6. The first-order chi connectivity index (χ1) is 14.0. The Kier molecular flexibility index (Phi) is 10.1. The molecule has 0 fully saturated rings. The highest BCUT2D eigenvalue weighted by Crippen LogP contribution is 2.29. The smallest absolute Gasteiger partial charge is 0.161 e. The molecule has 0 aliphatic heterocycles. The van der Waals surface area contributed by atoms with E-state index in [0.717, 1.165) is 36.2 Å². The third kappa shape index (κ3) is 7.26. The van der Waals surface area contributed by atoms with Crippen molar-refractivity contribution >= 4 is 47.2 Å². The van der Waals surface area contributed by atoms with Gasteiger partial charge in [-0.25, -0.2) is 0 Å². The minimum absolute atomic E-state index is 0. The van der Waals surface area contributed by atoms with Crippen molar-refractivity contribution in [3.63, 3.8) is 0 Å². The van der Waals surface area contributed by atoms with E-state index in [1.54, 1.807) is 13.2 Å². The normalized spacial score (nSPS) is 10.4. The molecule has 0 aromatic heterocycles. The van der Waals surface area contributed by atoms with Crippen LogP contribution in [0.1, 0.15) is 16.7 Å². The van der Waals surface area contributed by atoms with Crippen LogP contribution in [0.5, 0.6) is 11.5 Å². The molecule has 0 bridgehead atoms. The van der Waals surface area contributed by atoms with Crippen molar-refractivity contribution in [2.75, 3.05) is 13.7 Å². The van der Waals surface area contributed by atoms with Gasteiger partial charge in [0.2, 0.25) is 0 Å². The number of methoxy groups -OCH3 is 1. The average molecular weight is 487 g/mol. The van der Waals surface area contributed by atoms with Gasteiger partial charge in [-0.1, -0.05) is 59.1 Å². The lowest BCUT2D eigenvalue weighted by molar-refractivity contribution is 0.284. The lowest BCUT2D eigenvalue weighted by atomic mass is 10.1. The van der Waals surface area contributed by atoms with Crippen molar-refractivity contribution in [1.82, 2.24) is 5.32 Å². The number of hydrogen-bond donors (Lipinski definition) is 1. The van der Waals surface area contributed by atoms with E-state index in [9.17, 15) is 0 Å². The minimum Gasteiger partial charge on any atom is -0.493 e. The Labute approximate surface area is 198 Å². The number of benzene rings is 3. The van der Waals surface area contributed by atoms with Crippen LogP contribution in [0.4, 0.5) is 0 Å². The van der Waals surface area contributed by atoms with Crippen LogP contribution in [0.2, 0.25) is 15.1 Å². The Balaban J connectivity index is 0.00000320. The van der Waals surface area contributed by atoms with Crippen molar-refractivity contribution in [2.45, 2.75) is 19.6 Å². The molecule has 1 N–H and O–H groups in total. The van der Waals surface area contributed by atoms with Gasteiger partial charge in [-0.05, 0) is 66.1 Å². The first-order valence-corrected chi connectivity index (χ1v) is 10.4. The Morgan fingerprint density at radius 1 is 0.800 bits per heavy atom. The summed E-state index contributed by atoms with van der Waals surface area (Å²) in [4.78, 5) is 0. The molecule has 0 spiro atoms. The van der Waals surface area contributed by atoms with E-state index < -0.39 is 0 Å². The molecule has 3 aromatic rings. The summed E-state index contributed by atoms with van der Waals surface area (Å²) in [6.07, 6.45) is 0.829. The van der Waals surface area contributed by atoms with Gasteiger partial charge < -0.3 is 14.8 Å². The third-order valence-corrected chi connectivity index (χ3v) is 5.29. The summed E-state index contributed by atoms with van der Waals surface area (Å²) in [6.45, 7) is 1.98. The van der Waals surface area contributed by atoms with Crippen LogP contribution in [0, 0.1) is 0 Å². The van der Waals surface area contributed by atoms with Crippen molar-refractivity contribution in [3.8, 4) is 11.5 Å². The molecule has 0 aliphatic rings. The Morgan fingerprint density at radius 2 is 1.50 bits per heavy atom. The molecule has 0 radical (unpaired) electrons. The topological polar surface area (TPSA) is 30.5 Å². The maximum atomic E-state index is 6.21. The van der Waals surface area contributed by atoms with Crippen molar-refractivity contribution in [2.24, 2.45) is 0 Å². The first-order valence-electron chi connectivity index (χ1n) is 9.24. The fourth-order valence-electron chi connectivity index (χ4n) is 2.86. The Hall–Kier alpha value is -1.62. The van der Waals surface area contributed by atoms with Crippen molar-refractivity contribution in [3.05, 3.63) is 92.4 Å². The summed E-state index contributed by atoms with van der Waals surface area (Å²) in [7, 11) is 1.64. The number of ether oxygens (including phenoxy) is 2. The number of halogens is 4. The van der Waals surface area contributed by atoms with E-state index in [1.165, 1.54) is 0 Å². The van der Waals surface area contributed by atoms with Gasteiger partial charge in [0, 0.05) is 21.6 Å². The van der Waals surface area contributed by atoms with Crippen LogP contribution in [0.15, 0.2) is 60.7 Å². The van der Waals surface area contributed by atoms with Gasteiger partial charge in [-0.3, -0.25) is 0 Å². The van der Waals surface area contributed by atoms with Crippen LogP contribution in [-0.2, 0) is 19.6 Å². The predicted octanol–water partition coefficient (Wildman–Crippen LogP) is 6.99. The summed E-state index contributed by atoms with van der Waals surface area (Å²) < 4.78 is 11.4. The quantitative estimate of drug-likeness (QED) is 0.330. The molecule has 3 nitrogen and oxygen atoms in total. The molecular weight excluding hydrogens is 464 g/mol. The number of hydrogen-bond acceptors (Lipinski definition) is 3. The maximum Gasteiger partial charge on any atom is 0.161 e. The van der Waals surface area contributed by atoms with Crippen LogP contribution >= 0.6 is 47.2 Å². The zero-order valence-corrected chi connectivity index (χ0v) is 19.5. The van der Waals surface area contributed by atoms with Crippen LogP contribution < -0.4 is 14.8 Å². The molecule has 3 aromatic carbocycles. The van der Waals surface area contributed by atoms with E-state index in [4.69, 9.17) is 44.3 Å². The molecular formula is C23H23Cl4NO2. The summed E-state index contributed by atoms with van der Waals surface area (Å²) in [5.41, 5.74) is 3.23. The van der Waals surface area contributed by atoms with Crippen LogP contribution in [0.25, 0.3) is 0 Å². The van der Waals surface area contributed by atoms with Crippen molar-refractivity contribution in [1.29, 1.82) is 0 Å². The third-order valence-electron chi connectivity index (χ3n) is 4.45. The van der Waals surface area contributed by atoms with Crippen molar-refractivity contribution < 1.29 is 9.47 Å². The summed E-state index contributed by atoms with van der Waals surface area (Å²) in [5, 5.41) is 5.48. The van der Waals surface area contributed by atoms with E-state index in [0.29, 0.717) is 33.2 Å². The molecule has 0 aliphatic carbocycles. The molecule has 0 saturated heterocycles. The fourth-order valence-corrected chi connectivity index (χ4v) is 3.49. The monoisotopic (exact) mass is 485 g/mol. The van der Waals surface area contributed by atoms with Gasteiger partial charge in [-0.2, -0.15) is 0 Å². The molecule has 0 heterocycles. The number of nitrogens with one attached hydrogen (secondary N) is 1. The van der Waals surface area contributed by atoms with E-state index in [2.05, 4.69) is 5.32 Å². The molecule has 0 unspecified atom stereocenters. The molecule has 160 valence electrons. The zero-order valence-electron chi connectivity index (χ0n) is 16.5. The van der Waals surface area contributed by atoms with Gasteiger partial charge in [-0.15, -0.1) is 12.4 Å². The Morgan fingerprint density at radius 3 is 2.20 bits per heavy atom. The second-order valence-corrected chi connectivity index (χ2v) is 7.84. The van der Waals surface area contributed by atoms with Gasteiger partial charge in [0.15, 0.2) is 11.5 Å². The zero-order chi connectivity index (χ0) is 20.6. The van der Waals surface area contributed by atoms with E-state index >= 15 is 0 Å². The number of rotatable bonds is 9. The van der Waals surface area contributed by atoms with E-state index in [1.807, 2.05) is 54.6 Å². The highest BCUT2D eigenvalue weighted by atomic mass is 35.5. The second kappa shape index (κ2) is 12.3. The molecule has 0 atom stereocenters. The second-order valence-electron chi connectivity index (χ2n) is 6.56. The SMILES string of the molecule is COc1cc(CNCCc2ccc(Cl)cc2Cl)ccc1OCc1ccc(Cl)cc1.Cl. The minimum atomic E-state index is 0. The predicted molar refractivity (Wildman–Crippen MR) is 128 cm³/mol. The largest absolute Gasteiger partial charge is 0.493 e. The van der Waals surface area contributed by atoms with Gasteiger partial charge in [0.1, 0.15) is 6.61 Å². The molecule has 30 heavy (non-hydrogen) atoms. The summed E-state index contributed by atoms with van der Waals surface area (Å²) in [5.74, 6) is 1.41. The van der Waals surface area contributed by atoms with Crippen LogP contribution in [-0.4, -0.2) is 13.7 Å². The van der Waals surface area contributed by atoms with Gasteiger partial charge >= 0.3 is 0 Å². The lowest BCUT2D eigenvalue weighted by Gasteiger charge is -2.13. The summed E-state index contributed by atoms with van der Waals surface area (Å²) >= 11 is 18.1. The maximum absolute atomic E-state index is 6.21. The van der Waals surface area contributed by atoms with Gasteiger partial charge in [0.05, 0.1) is 7.11 Å². The molecule has 0 amide bonds.